The molecule has 8 heteroatoms. The minimum Gasteiger partial charge on any atom is -0.315 e. The monoisotopic (exact) mass is 488 g/mol. The van der Waals surface area contributed by atoms with Gasteiger partial charge < -0.3 is 4.74 Å². The summed E-state index contributed by atoms with van der Waals surface area (Å²) >= 11 is 0. The predicted octanol–water partition coefficient (Wildman–Crippen LogP) is 8.58. The van der Waals surface area contributed by atoms with Gasteiger partial charge in [-0.1, -0.05) is 30.3 Å². The maximum Gasteiger partial charge on any atom is 0.422 e. The van der Waals surface area contributed by atoms with Crippen molar-refractivity contribution in [2.45, 2.75) is 69.8 Å². The van der Waals surface area contributed by atoms with E-state index in [-0.39, 0.29) is 12.1 Å². The van der Waals surface area contributed by atoms with Crippen LogP contribution in [0.25, 0.3) is 0 Å². The van der Waals surface area contributed by atoms with E-state index in [0.717, 1.165) is 50.0 Å². The second-order valence-corrected chi connectivity index (χ2v) is 8.86. The van der Waals surface area contributed by atoms with Crippen LogP contribution in [0.2, 0.25) is 0 Å². The van der Waals surface area contributed by atoms with Gasteiger partial charge in [0.15, 0.2) is 0 Å². The Hall–Kier alpha value is -2.35. The van der Waals surface area contributed by atoms with Crippen molar-refractivity contribution in [1.82, 2.24) is 0 Å². The standard InChI is InChI=1S/C26H27F7O/c1-2-3-4-17-5-9-20(10-6-17)21-11-7-18(8-12-21)16-34-25(29,30)15-19-13-22(27)24(23(28)14-19)26(31,32)33/h2,7-8,11-14,17,20H,1,3-6,9-10,15-16H2. The normalized spacial score (nSPS) is 19.3. The molecule has 0 spiro atoms. The van der Waals surface area contributed by atoms with Gasteiger partial charge in [-0.25, -0.2) is 8.78 Å². The lowest BCUT2D eigenvalue weighted by Crippen LogP contribution is -2.24. The van der Waals surface area contributed by atoms with Gasteiger partial charge in [0.25, 0.3) is 0 Å². The maximum absolute atomic E-state index is 14.2. The number of alkyl halides is 5. The molecule has 1 saturated carbocycles. The second kappa shape index (κ2) is 10.9. The van der Waals surface area contributed by atoms with Crippen LogP contribution in [0.15, 0.2) is 49.1 Å². The fourth-order valence-corrected chi connectivity index (χ4v) is 4.50. The summed E-state index contributed by atoms with van der Waals surface area (Å²) in [5, 5.41) is 0. The lowest BCUT2D eigenvalue weighted by Gasteiger charge is -2.28. The third-order valence-electron chi connectivity index (χ3n) is 6.32. The largest absolute Gasteiger partial charge is 0.422 e. The third kappa shape index (κ3) is 7.08. The first kappa shape index (κ1) is 26.3. The van der Waals surface area contributed by atoms with Crippen molar-refractivity contribution in [3.8, 4) is 0 Å². The van der Waals surface area contributed by atoms with Gasteiger partial charge in [-0.2, -0.15) is 22.0 Å². The molecule has 0 amide bonds. The molecule has 0 atom stereocenters. The van der Waals surface area contributed by atoms with Gasteiger partial charge in [0.1, 0.15) is 17.2 Å². The van der Waals surface area contributed by atoms with Crippen molar-refractivity contribution in [1.29, 1.82) is 0 Å². The van der Waals surface area contributed by atoms with Gasteiger partial charge in [0, 0.05) is 0 Å². The first-order valence-electron chi connectivity index (χ1n) is 11.2. The van der Waals surface area contributed by atoms with E-state index >= 15 is 0 Å². The Labute approximate surface area is 194 Å². The zero-order valence-corrected chi connectivity index (χ0v) is 18.6. The van der Waals surface area contributed by atoms with E-state index in [4.69, 9.17) is 0 Å². The lowest BCUT2D eigenvalue weighted by atomic mass is 9.77. The molecule has 2 aromatic rings. The van der Waals surface area contributed by atoms with Crippen LogP contribution >= 0.6 is 0 Å². The van der Waals surface area contributed by atoms with E-state index in [2.05, 4.69) is 11.3 Å². The molecule has 1 fully saturated rings. The van der Waals surface area contributed by atoms with Crippen molar-refractivity contribution in [3.63, 3.8) is 0 Å². The fourth-order valence-electron chi connectivity index (χ4n) is 4.50. The van der Waals surface area contributed by atoms with Crippen LogP contribution in [0, 0.1) is 17.6 Å². The van der Waals surface area contributed by atoms with E-state index < -0.39 is 48.1 Å². The van der Waals surface area contributed by atoms with Crippen molar-refractivity contribution < 1.29 is 35.5 Å². The first-order chi connectivity index (χ1) is 16.0. The summed E-state index contributed by atoms with van der Waals surface area (Å²) in [6.07, 6.45) is -1.75. The quantitative estimate of drug-likeness (QED) is 0.254. The molecule has 3 rings (SSSR count). The highest BCUT2D eigenvalue weighted by atomic mass is 19.4. The van der Waals surface area contributed by atoms with E-state index in [1.807, 2.05) is 18.2 Å². The van der Waals surface area contributed by atoms with Crippen LogP contribution in [-0.2, 0) is 23.9 Å². The SMILES string of the molecule is C=CCCC1CCC(c2ccc(COC(F)(F)Cc3cc(F)c(C(F)(F)F)c(F)c3)cc2)CC1. The van der Waals surface area contributed by atoms with Gasteiger partial charge in [0.2, 0.25) is 0 Å². The van der Waals surface area contributed by atoms with E-state index in [0.29, 0.717) is 11.5 Å². The Kier molecular flexibility index (Phi) is 8.44. The molecule has 0 heterocycles. The number of hydrogen-bond donors (Lipinski definition) is 0. The number of ether oxygens (including phenoxy) is 1. The predicted molar refractivity (Wildman–Crippen MR) is 115 cm³/mol. The topological polar surface area (TPSA) is 9.23 Å². The molecule has 1 nitrogen and oxygen atoms in total. The summed E-state index contributed by atoms with van der Waals surface area (Å²) in [5.41, 5.74) is -1.10. The average Bonchev–Trinajstić information content (AvgIpc) is 2.75. The first-order valence-corrected chi connectivity index (χ1v) is 11.2. The Morgan fingerprint density at radius 2 is 1.47 bits per heavy atom. The van der Waals surface area contributed by atoms with Crippen LogP contribution in [-0.4, -0.2) is 6.11 Å². The molecule has 186 valence electrons. The Bertz CT molecular complexity index is 935. The molecule has 0 unspecified atom stereocenters. The number of benzene rings is 2. The molecular formula is C26H27F7O. The average molecular weight is 488 g/mol. The van der Waals surface area contributed by atoms with Crippen LogP contribution in [0.4, 0.5) is 30.7 Å². The smallest absolute Gasteiger partial charge is 0.315 e. The molecule has 0 radical (unpaired) electrons. The van der Waals surface area contributed by atoms with Gasteiger partial charge in [-0.3, -0.25) is 0 Å². The molecule has 1 aliphatic carbocycles. The molecule has 34 heavy (non-hydrogen) atoms. The summed E-state index contributed by atoms with van der Waals surface area (Å²) < 4.78 is 98.2. The third-order valence-corrected chi connectivity index (χ3v) is 6.32. The number of allylic oxidation sites excluding steroid dienone is 1. The summed E-state index contributed by atoms with van der Waals surface area (Å²) in [6, 6.07) is 7.70. The highest BCUT2D eigenvalue weighted by Crippen LogP contribution is 2.38. The second-order valence-electron chi connectivity index (χ2n) is 8.86. The summed E-state index contributed by atoms with van der Waals surface area (Å²) in [4.78, 5) is 0. The van der Waals surface area contributed by atoms with Crippen molar-refractivity contribution in [2.24, 2.45) is 5.92 Å². The zero-order chi connectivity index (χ0) is 24.9. The van der Waals surface area contributed by atoms with Gasteiger partial charge in [-0.15, -0.1) is 6.58 Å². The van der Waals surface area contributed by atoms with Crippen molar-refractivity contribution in [3.05, 3.63) is 82.9 Å². The summed E-state index contributed by atoms with van der Waals surface area (Å²) in [7, 11) is 0. The molecule has 0 bridgehead atoms. The van der Waals surface area contributed by atoms with Crippen LogP contribution < -0.4 is 0 Å². The van der Waals surface area contributed by atoms with E-state index in [1.165, 1.54) is 0 Å². The molecule has 1 aliphatic rings. The summed E-state index contributed by atoms with van der Waals surface area (Å²) in [5.74, 6) is -2.73. The minimum atomic E-state index is -5.26. The van der Waals surface area contributed by atoms with Crippen molar-refractivity contribution in [2.75, 3.05) is 0 Å². The van der Waals surface area contributed by atoms with Crippen molar-refractivity contribution >= 4 is 0 Å². The van der Waals surface area contributed by atoms with E-state index in [1.54, 1.807) is 12.1 Å². The molecule has 0 aliphatic heterocycles. The van der Waals surface area contributed by atoms with E-state index in [9.17, 15) is 30.7 Å². The Morgan fingerprint density at radius 1 is 0.882 bits per heavy atom. The Balaban J connectivity index is 1.54. The zero-order valence-electron chi connectivity index (χ0n) is 18.6. The van der Waals surface area contributed by atoms with Gasteiger partial charge in [-0.05, 0) is 79.2 Å². The molecule has 0 aromatic heterocycles. The summed E-state index contributed by atoms with van der Waals surface area (Å²) in [6.45, 7) is 3.31. The molecular weight excluding hydrogens is 461 g/mol. The number of rotatable bonds is 9. The molecule has 2 aromatic carbocycles. The number of halogens is 7. The molecule has 0 saturated heterocycles. The highest BCUT2D eigenvalue weighted by molar-refractivity contribution is 5.29. The minimum absolute atomic E-state index is 0.254. The highest BCUT2D eigenvalue weighted by Gasteiger charge is 2.39. The van der Waals surface area contributed by atoms with Crippen LogP contribution in [0.1, 0.15) is 66.7 Å². The number of hydrogen-bond acceptors (Lipinski definition) is 1. The lowest BCUT2D eigenvalue weighted by molar-refractivity contribution is -0.244. The maximum atomic E-state index is 14.2. The fraction of sp³-hybridized carbons (Fsp3) is 0.462. The van der Waals surface area contributed by atoms with Gasteiger partial charge in [0.05, 0.1) is 13.0 Å². The van der Waals surface area contributed by atoms with Crippen LogP contribution in [0.3, 0.4) is 0 Å². The Morgan fingerprint density at radius 3 is 2.00 bits per heavy atom. The van der Waals surface area contributed by atoms with Crippen LogP contribution in [0.5, 0.6) is 0 Å². The molecule has 0 N–H and O–H groups in total. The van der Waals surface area contributed by atoms with Gasteiger partial charge >= 0.3 is 12.3 Å².